The first kappa shape index (κ1) is 17.7. The summed E-state index contributed by atoms with van der Waals surface area (Å²) in [6, 6.07) is 13.3. The number of rotatable bonds is 4. The van der Waals surface area contributed by atoms with Crippen molar-refractivity contribution in [2.75, 3.05) is 31.1 Å². The molecule has 5 heteroatoms. The fourth-order valence-corrected chi connectivity index (χ4v) is 4.07. The first-order valence-electron chi connectivity index (χ1n) is 9.82. The maximum atomic E-state index is 12.9. The molecule has 1 atom stereocenters. The fourth-order valence-electron chi connectivity index (χ4n) is 4.07. The van der Waals surface area contributed by atoms with E-state index in [9.17, 15) is 9.59 Å². The first-order chi connectivity index (χ1) is 13.2. The Balaban J connectivity index is 1.43. The molecule has 27 heavy (non-hydrogen) atoms. The molecular formula is C22H25N3O2. The van der Waals surface area contributed by atoms with Crippen LogP contribution in [0.15, 0.2) is 48.7 Å². The van der Waals surface area contributed by atoms with E-state index in [-0.39, 0.29) is 17.6 Å². The largest absolute Gasteiger partial charge is 0.372 e. The normalized spacial score (nSPS) is 19.9. The van der Waals surface area contributed by atoms with Gasteiger partial charge in [0.2, 0.25) is 0 Å². The third-order valence-electron chi connectivity index (χ3n) is 5.58. The van der Waals surface area contributed by atoms with Gasteiger partial charge in [-0.3, -0.25) is 14.6 Å². The fraction of sp³-hybridized carbons (Fsp3) is 0.409. The molecule has 2 aliphatic rings. The zero-order valence-electron chi connectivity index (χ0n) is 15.5. The van der Waals surface area contributed by atoms with Gasteiger partial charge >= 0.3 is 0 Å². The van der Waals surface area contributed by atoms with E-state index in [0.717, 1.165) is 25.9 Å². The van der Waals surface area contributed by atoms with Crippen LogP contribution in [-0.2, 0) is 0 Å². The van der Waals surface area contributed by atoms with Gasteiger partial charge in [-0.05, 0) is 62.1 Å². The molecule has 5 nitrogen and oxygen atoms in total. The monoisotopic (exact) mass is 363 g/mol. The molecule has 0 radical (unpaired) electrons. The SMILES string of the molecule is O=C(c1ccccn1)[C@H]1CCCN(C(=O)c2ccc(N3CCCC3)cc2)C1. The highest BCUT2D eigenvalue weighted by molar-refractivity contribution is 5.98. The molecule has 3 heterocycles. The van der Waals surface area contributed by atoms with Gasteiger partial charge in [0.15, 0.2) is 5.78 Å². The maximum Gasteiger partial charge on any atom is 0.253 e. The highest BCUT2D eigenvalue weighted by atomic mass is 16.2. The van der Waals surface area contributed by atoms with Crippen LogP contribution >= 0.6 is 0 Å². The average Bonchev–Trinajstić information content (AvgIpc) is 3.28. The molecule has 0 spiro atoms. The highest BCUT2D eigenvalue weighted by Crippen LogP contribution is 2.24. The smallest absolute Gasteiger partial charge is 0.253 e. The molecule has 2 saturated heterocycles. The van der Waals surface area contributed by atoms with Crippen LogP contribution in [0.5, 0.6) is 0 Å². The number of likely N-dealkylation sites (tertiary alicyclic amines) is 1. The number of hydrogen-bond acceptors (Lipinski definition) is 4. The van der Waals surface area contributed by atoms with Crippen molar-refractivity contribution < 1.29 is 9.59 Å². The van der Waals surface area contributed by atoms with E-state index >= 15 is 0 Å². The van der Waals surface area contributed by atoms with Crippen molar-refractivity contribution in [3.05, 3.63) is 59.9 Å². The molecule has 2 fully saturated rings. The summed E-state index contributed by atoms with van der Waals surface area (Å²) in [5, 5.41) is 0. The maximum absolute atomic E-state index is 12.9. The third-order valence-corrected chi connectivity index (χ3v) is 5.58. The molecular weight excluding hydrogens is 338 g/mol. The van der Waals surface area contributed by atoms with E-state index in [1.165, 1.54) is 18.5 Å². The van der Waals surface area contributed by atoms with Gasteiger partial charge in [0.05, 0.1) is 0 Å². The lowest BCUT2D eigenvalue weighted by Gasteiger charge is -2.32. The summed E-state index contributed by atoms with van der Waals surface area (Å²) in [6.45, 7) is 3.37. The van der Waals surface area contributed by atoms with E-state index in [2.05, 4.69) is 9.88 Å². The van der Waals surface area contributed by atoms with Crippen molar-refractivity contribution in [3.63, 3.8) is 0 Å². The lowest BCUT2D eigenvalue weighted by atomic mass is 9.91. The number of carbonyl (C=O) groups excluding carboxylic acids is 2. The Morgan fingerprint density at radius 3 is 2.41 bits per heavy atom. The lowest BCUT2D eigenvalue weighted by Crippen LogP contribution is -2.42. The quantitative estimate of drug-likeness (QED) is 0.781. The lowest BCUT2D eigenvalue weighted by molar-refractivity contribution is 0.0635. The number of carbonyl (C=O) groups is 2. The summed E-state index contributed by atoms with van der Waals surface area (Å²) in [5.74, 6) is -0.111. The molecule has 140 valence electrons. The van der Waals surface area contributed by atoms with Gasteiger partial charge in [-0.2, -0.15) is 0 Å². The van der Waals surface area contributed by atoms with Gasteiger partial charge in [-0.15, -0.1) is 0 Å². The number of aromatic nitrogens is 1. The molecule has 0 saturated carbocycles. The molecule has 2 aromatic rings. The summed E-state index contributed by atoms with van der Waals surface area (Å²) in [5.41, 5.74) is 2.38. The second kappa shape index (κ2) is 7.91. The number of amides is 1. The predicted octanol–water partition coefficient (Wildman–Crippen LogP) is 3.42. The Hall–Kier alpha value is -2.69. The summed E-state index contributed by atoms with van der Waals surface area (Å²) in [6.07, 6.45) is 5.77. The molecule has 0 aliphatic carbocycles. The average molecular weight is 363 g/mol. The number of piperidine rings is 1. The zero-order chi connectivity index (χ0) is 18.6. The number of hydrogen-bond donors (Lipinski definition) is 0. The van der Waals surface area contributed by atoms with Gasteiger partial charge in [-0.1, -0.05) is 6.07 Å². The van der Waals surface area contributed by atoms with Crippen molar-refractivity contribution in [3.8, 4) is 0 Å². The predicted molar refractivity (Wildman–Crippen MR) is 105 cm³/mol. The van der Waals surface area contributed by atoms with Crippen LogP contribution in [0.3, 0.4) is 0 Å². The Morgan fingerprint density at radius 2 is 1.70 bits per heavy atom. The second-order valence-corrected chi connectivity index (χ2v) is 7.41. The van der Waals surface area contributed by atoms with Gasteiger partial charge in [0, 0.05) is 49.5 Å². The molecule has 1 aromatic heterocycles. The van der Waals surface area contributed by atoms with E-state index in [1.54, 1.807) is 18.3 Å². The molecule has 0 bridgehead atoms. The van der Waals surface area contributed by atoms with Crippen molar-refractivity contribution >= 4 is 17.4 Å². The van der Waals surface area contributed by atoms with Crippen LogP contribution in [0.1, 0.15) is 46.5 Å². The van der Waals surface area contributed by atoms with E-state index in [4.69, 9.17) is 0 Å². The molecule has 0 N–H and O–H groups in total. The number of benzene rings is 1. The van der Waals surface area contributed by atoms with Crippen LogP contribution in [0.2, 0.25) is 0 Å². The van der Waals surface area contributed by atoms with E-state index in [1.807, 2.05) is 35.2 Å². The Bertz CT molecular complexity index is 798. The van der Waals surface area contributed by atoms with Crippen LogP contribution < -0.4 is 4.90 Å². The Kier molecular flexibility index (Phi) is 5.19. The standard InChI is InChI=1S/C22H25N3O2/c26-21(20-7-1-2-12-23-20)18-6-5-15-25(16-18)22(27)17-8-10-19(11-9-17)24-13-3-4-14-24/h1-2,7-12,18H,3-6,13-16H2/t18-/m0/s1. The van der Waals surface area contributed by atoms with Crippen LogP contribution in [-0.4, -0.2) is 47.8 Å². The number of nitrogens with zero attached hydrogens (tertiary/aromatic N) is 3. The zero-order valence-corrected chi connectivity index (χ0v) is 15.5. The molecule has 1 aromatic carbocycles. The van der Waals surface area contributed by atoms with Crippen molar-refractivity contribution in [1.29, 1.82) is 0 Å². The minimum atomic E-state index is -0.165. The topological polar surface area (TPSA) is 53.5 Å². The number of Topliss-reactive ketones (excluding diaryl/α,β-unsaturated/α-hetero) is 1. The summed E-state index contributed by atoms with van der Waals surface area (Å²) in [7, 11) is 0. The van der Waals surface area contributed by atoms with Crippen molar-refractivity contribution in [1.82, 2.24) is 9.88 Å². The highest BCUT2D eigenvalue weighted by Gasteiger charge is 2.30. The van der Waals surface area contributed by atoms with Gasteiger partial charge in [0.1, 0.15) is 5.69 Å². The van der Waals surface area contributed by atoms with Crippen LogP contribution in [0, 0.1) is 5.92 Å². The van der Waals surface area contributed by atoms with Crippen LogP contribution in [0.4, 0.5) is 5.69 Å². The number of pyridine rings is 1. The molecule has 0 unspecified atom stereocenters. The first-order valence-corrected chi connectivity index (χ1v) is 9.82. The van der Waals surface area contributed by atoms with Crippen molar-refractivity contribution in [2.24, 2.45) is 5.92 Å². The number of anilines is 1. The molecule has 4 rings (SSSR count). The molecule has 2 aliphatic heterocycles. The summed E-state index contributed by atoms with van der Waals surface area (Å²) >= 11 is 0. The number of ketones is 1. The van der Waals surface area contributed by atoms with E-state index < -0.39 is 0 Å². The van der Waals surface area contributed by atoms with Gasteiger partial charge in [0.25, 0.3) is 5.91 Å². The summed E-state index contributed by atoms with van der Waals surface area (Å²) < 4.78 is 0. The van der Waals surface area contributed by atoms with Gasteiger partial charge < -0.3 is 9.80 Å². The van der Waals surface area contributed by atoms with E-state index in [0.29, 0.717) is 24.3 Å². The summed E-state index contributed by atoms with van der Waals surface area (Å²) in [4.78, 5) is 34.0. The second-order valence-electron chi connectivity index (χ2n) is 7.41. The van der Waals surface area contributed by atoms with Crippen LogP contribution in [0.25, 0.3) is 0 Å². The minimum absolute atomic E-state index is 0.0153. The molecule has 1 amide bonds. The Labute approximate surface area is 160 Å². The Morgan fingerprint density at radius 1 is 0.926 bits per heavy atom. The minimum Gasteiger partial charge on any atom is -0.372 e. The van der Waals surface area contributed by atoms with Gasteiger partial charge in [-0.25, -0.2) is 0 Å². The van der Waals surface area contributed by atoms with Crippen molar-refractivity contribution in [2.45, 2.75) is 25.7 Å². The third kappa shape index (κ3) is 3.87.